The van der Waals surface area contributed by atoms with E-state index in [-0.39, 0.29) is 23.1 Å². The van der Waals surface area contributed by atoms with Gasteiger partial charge in [-0.25, -0.2) is 4.39 Å². The van der Waals surface area contributed by atoms with Gasteiger partial charge in [0.2, 0.25) is 5.91 Å². The lowest BCUT2D eigenvalue weighted by atomic mass is 10.1. The van der Waals surface area contributed by atoms with Crippen LogP contribution in [0.25, 0.3) is 0 Å². The van der Waals surface area contributed by atoms with Crippen LogP contribution in [0.15, 0.2) is 22.7 Å². The second kappa shape index (κ2) is 3.84. The quantitative estimate of drug-likeness (QED) is 0.884. The molecular formula is C12H13BrFNO. The molecule has 0 bridgehead atoms. The summed E-state index contributed by atoms with van der Waals surface area (Å²) in [5.74, 6) is -0.238. The molecule has 1 atom stereocenters. The second-order valence-corrected chi connectivity index (χ2v) is 5.71. The van der Waals surface area contributed by atoms with Crippen molar-refractivity contribution in [1.82, 2.24) is 0 Å². The van der Waals surface area contributed by atoms with E-state index < -0.39 is 0 Å². The lowest BCUT2D eigenvalue weighted by molar-refractivity contribution is -0.118. The Hall–Kier alpha value is -0.900. The molecule has 1 amide bonds. The number of halogens is 2. The van der Waals surface area contributed by atoms with Gasteiger partial charge in [0.25, 0.3) is 0 Å². The monoisotopic (exact) mass is 285 g/mol. The maximum Gasteiger partial charge on any atom is 0.228 e. The molecule has 1 aliphatic rings. The van der Waals surface area contributed by atoms with E-state index >= 15 is 0 Å². The predicted octanol–water partition coefficient (Wildman–Crippen LogP) is 3.57. The van der Waals surface area contributed by atoms with Crippen molar-refractivity contribution in [3.63, 3.8) is 0 Å². The van der Waals surface area contributed by atoms with Crippen LogP contribution in [-0.4, -0.2) is 5.91 Å². The number of benzene rings is 1. The van der Waals surface area contributed by atoms with Gasteiger partial charge in [0.1, 0.15) is 5.82 Å². The van der Waals surface area contributed by atoms with Crippen molar-refractivity contribution < 1.29 is 9.18 Å². The fourth-order valence-corrected chi connectivity index (χ4v) is 2.18. The molecule has 0 heterocycles. The number of hydrogen-bond acceptors (Lipinski definition) is 1. The standard InChI is InChI=1S/C12H13BrFNO/c1-12(2)6-8(12)11(16)15-10-4-3-7(14)5-9(10)13/h3-5,8H,6H2,1-2H3,(H,15,16). The first-order chi connectivity index (χ1) is 7.40. The van der Waals surface area contributed by atoms with Crippen molar-refractivity contribution in [3.05, 3.63) is 28.5 Å². The molecule has 1 fully saturated rings. The average molecular weight is 286 g/mol. The van der Waals surface area contributed by atoms with Gasteiger partial charge in [0.05, 0.1) is 5.69 Å². The summed E-state index contributed by atoms with van der Waals surface area (Å²) in [4.78, 5) is 11.8. The van der Waals surface area contributed by atoms with Crippen LogP contribution in [0.4, 0.5) is 10.1 Å². The zero-order valence-electron chi connectivity index (χ0n) is 9.18. The Labute approximate surface area is 102 Å². The first-order valence-corrected chi connectivity index (χ1v) is 5.95. The molecule has 1 aliphatic carbocycles. The van der Waals surface area contributed by atoms with Gasteiger partial charge in [-0.2, -0.15) is 0 Å². The fourth-order valence-electron chi connectivity index (χ4n) is 1.73. The van der Waals surface area contributed by atoms with Gasteiger partial charge in [-0.15, -0.1) is 0 Å². The van der Waals surface area contributed by atoms with Crippen molar-refractivity contribution in [2.24, 2.45) is 11.3 Å². The molecule has 86 valence electrons. The third-order valence-electron chi connectivity index (χ3n) is 3.02. The van der Waals surface area contributed by atoms with E-state index in [9.17, 15) is 9.18 Å². The zero-order chi connectivity index (χ0) is 11.9. The van der Waals surface area contributed by atoms with Gasteiger partial charge in [0.15, 0.2) is 0 Å². The van der Waals surface area contributed by atoms with E-state index in [4.69, 9.17) is 0 Å². The van der Waals surface area contributed by atoms with Crippen LogP contribution in [0, 0.1) is 17.2 Å². The van der Waals surface area contributed by atoms with Gasteiger partial charge in [-0.05, 0) is 46.0 Å². The lowest BCUT2D eigenvalue weighted by Crippen LogP contribution is -2.16. The SMILES string of the molecule is CC1(C)CC1C(=O)Nc1ccc(F)cc1Br. The lowest BCUT2D eigenvalue weighted by Gasteiger charge is -2.08. The van der Waals surface area contributed by atoms with Crippen LogP contribution in [-0.2, 0) is 4.79 Å². The summed E-state index contributed by atoms with van der Waals surface area (Å²) < 4.78 is 13.4. The fraction of sp³-hybridized carbons (Fsp3) is 0.417. The number of carbonyl (C=O) groups is 1. The molecule has 4 heteroatoms. The van der Waals surface area contributed by atoms with E-state index in [1.165, 1.54) is 12.1 Å². The zero-order valence-corrected chi connectivity index (χ0v) is 10.8. The number of rotatable bonds is 2. The second-order valence-electron chi connectivity index (χ2n) is 4.86. The van der Waals surface area contributed by atoms with E-state index in [0.29, 0.717) is 10.2 Å². The topological polar surface area (TPSA) is 29.1 Å². The Morgan fingerprint density at radius 1 is 1.56 bits per heavy atom. The van der Waals surface area contributed by atoms with Crippen LogP contribution in [0.5, 0.6) is 0 Å². The Kier molecular flexibility index (Phi) is 2.78. The summed E-state index contributed by atoms with van der Waals surface area (Å²) >= 11 is 3.22. The van der Waals surface area contributed by atoms with Gasteiger partial charge in [-0.1, -0.05) is 13.8 Å². The summed E-state index contributed by atoms with van der Waals surface area (Å²) in [7, 11) is 0. The minimum atomic E-state index is -0.323. The molecule has 0 spiro atoms. The smallest absolute Gasteiger partial charge is 0.228 e. The molecular weight excluding hydrogens is 273 g/mol. The summed E-state index contributed by atoms with van der Waals surface area (Å²) in [5, 5.41) is 2.80. The molecule has 1 saturated carbocycles. The Bertz CT molecular complexity index is 445. The van der Waals surface area contributed by atoms with Crippen molar-refractivity contribution in [3.8, 4) is 0 Å². The molecule has 1 aromatic carbocycles. The van der Waals surface area contributed by atoms with Crippen LogP contribution in [0.1, 0.15) is 20.3 Å². The number of nitrogens with one attached hydrogen (secondary N) is 1. The number of amides is 1. The minimum absolute atomic E-state index is 0.0114. The Balaban J connectivity index is 2.07. The van der Waals surface area contributed by atoms with Crippen LogP contribution >= 0.6 is 15.9 Å². The molecule has 16 heavy (non-hydrogen) atoms. The summed E-state index contributed by atoms with van der Waals surface area (Å²) in [5.41, 5.74) is 0.727. The van der Waals surface area contributed by atoms with Gasteiger partial charge in [0, 0.05) is 10.4 Å². The highest BCUT2D eigenvalue weighted by atomic mass is 79.9. The number of anilines is 1. The highest BCUT2D eigenvalue weighted by Gasteiger charge is 2.50. The predicted molar refractivity (Wildman–Crippen MR) is 64.6 cm³/mol. The van der Waals surface area contributed by atoms with Crippen molar-refractivity contribution in [1.29, 1.82) is 0 Å². The van der Waals surface area contributed by atoms with E-state index in [0.717, 1.165) is 6.42 Å². The Morgan fingerprint density at radius 2 is 2.19 bits per heavy atom. The van der Waals surface area contributed by atoms with Crippen LogP contribution in [0.3, 0.4) is 0 Å². The average Bonchev–Trinajstić information content (AvgIpc) is 2.80. The van der Waals surface area contributed by atoms with Crippen molar-refractivity contribution in [2.75, 3.05) is 5.32 Å². The normalized spacial score (nSPS) is 21.6. The van der Waals surface area contributed by atoms with E-state index in [2.05, 4.69) is 35.1 Å². The molecule has 2 nitrogen and oxygen atoms in total. The van der Waals surface area contributed by atoms with Crippen LogP contribution in [0.2, 0.25) is 0 Å². The third-order valence-corrected chi connectivity index (χ3v) is 3.67. The largest absolute Gasteiger partial charge is 0.325 e. The molecule has 2 rings (SSSR count). The molecule has 0 saturated heterocycles. The van der Waals surface area contributed by atoms with Crippen LogP contribution < -0.4 is 5.32 Å². The summed E-state index contributed by atoms with van der Waals surface area (Å²) in [6, 6.07) is 4.23. The molecule has 1 unspecified atom stereocenters. The third kappa shape index (κ3) is 2.26. The Morgan fingerprint density at radius 3 is 2.69 bits per heavy atom. The van der Waals surface area contributed by atoms with Gasteiger partial charge >= 0.3 is 0 Å². The summed E-state index contributed by atoms with van der Waals surface area (Å²) in [6.07, 6.45) is 0.914. The maximum absolute atomic E-state index is 12.8. The molecule has 0 radical (unpaired) electrons. The molecule has 1 aromatic rings. The van der Waals surface area contributed by atoms with Crippen molar-refractivity contribution in [2.45, 2.75) is 20.3 Å². The van der Waals surface area contributed by atoms with Crippen molar-refractivity contribution >= 4 is 27.5 Å². The minimum Gasteiger partial charge on any atom is -0.325 e. The highest BCUT2D eigenvalue weighted by molar-refractivity contribution is 9.10. The van der Waals surface area contributed by atoms with Gasteiger partial charge in [-0.3, -0.25) is 4.79 Å². The van der Waals surface area contributed by atoms with Gasteiger partial charge < -0.3 is 5.32 Å². The first-order valence-electron chi connectivity index (χ1n) is 5.16. The highest BCUT2D eigenvalue weighted by Crippen LogP contribution is 2.52. The van der Waals surface area contributed by atoms with E-state index in [1.807, 2.05) is 0 Å². The summed E-state index contributed by atoms with van der Waals surface area (Å²) in [6.45, 7) is 4.13. The molecule has 0 aromatic heterocycles. The first kappa shape index (κ1) is 11.6. The molecule has 0 aliphatic heterocycles. The van der Waals surface area contributed by atoms with E-state index in [1.54, 1.807) is 6.07 Å². The number of hydrogen-bond donors (Lipinski definition) is 1. The molecule has 1 N–H and O–H groups in total. The number of carbonyl (C=O) groups excluding carboxylic acids is 1. The maximum atomic E-state index is 12.8.